The van der Waals surface area contributed by atoms with Crippen molar-refractivity contribution in [3.8, 4) is 0 Å². The van der Waals surface area contributed by atoms with Gasteiger partial charge in [0.25, 0.3) is 5.91 Å². The van der Waals surface area contributed by atoms with Crippen LogP contribution in [0.1, 0.15) is 23.3 Å². The highest BCUT2D eigenvalue weighted by atomic mass is 79.9. The first-order valence-corrected chi connectivity index (χ1v) is 5.88. The lowest BCUT2D eigenvalue weighted by Gasteiger charge is -2.28. The fourth-order valence-electron chi connectivity index (χ4n) is 1.66. The number of halogens is 1. The van der Waals surface area contributed by atoms with Crippen molar-refractivity contribution in [2.75, 3.05) is 13.1 Å². The monoisotopic (exact) mass is 272 g/mol. The highest BCUT2D eigenvalue weighted by molar-refractivity contribution is 9.09. The molecule has 5 nitrogen and oxygen atoms in total. The first kappa shape index (κ1) is 10.6. The smallest absolute Gasteiger partial charge is 0.276 e. The van der Waals surface area contributed by atoms with Crippen molar-refractivity contribution < 1.29 is 4.79 Å². The number of likely N-dealkylation sites (tertiary alicyclic amines) is 1. The van der Waals surface area contributed by atoms with E-state index in [2.05, 4.69) is 26.1 Å². The summed E-state index contributed by atoms with van der Waals surface area (Å²) in [5.74, 6) is -0.0116. The van der Waals surface area contributed by atoms with Crippen molar-refractivity contribution >= 4 is 21.8 Å². The molecular weight excluding hydrogens is 260 g/mol. The van der Waals surface area contributed by atoms with Gasteiger partial charge in [-0.15, -0.1) is 5.10 Å². The van der Waals surface area contributed by atoms with Gasteiger partial charge < -0.3 is 4.90 Å². The molecule has 0 bridgehead atoms. The average molecular weight is 273 g/mol. The Morgan fingerprint density at radius 1 is 1.53 bits per heavy atom. The molecule has 2 heterocycles. The number of amides is 1. The van der Waals surface area contributed by atoms with E-state index in [0.717, 1.165) is 25.9 Å². The number of carbonyl (C=O) groups excluding carboxylic acids is 1. The second kappa shape index (κ2) is 4.30. The second-order valence-electron chi connectivity index (χ2n) is 3.69. The van der Waals surface area contributed by atoms with Crippen LogP contribution in [-0.2, 0) is 7.05 Å². The molecule has 0 spiro atoms. The van der Waals surface area contributed by atoms with Gasteiger partial charge in [0.2, 0.25) is 0 Å². The Balaban J connectivity index is 2.02. The second-order valence-corrected chi connectivity index (χ2v) is 4.98. The standard InChI is InChI=1S/C9H13BrN4O/c1-13-11-6-8(12-13)9(15)14-4-2-7(10)3-5-14/h6-7H,2-5H2,1H3. The van der Waals surface area contributed by atoms with Crippen molar-refractivity contribution in [2.24, 2.45) is 7.05 Å². The summed E-state index contributed by atoms with van der Waals surface area (Å²) in [5, 5.41) is 7.90. The minimum atomic E-state index is -0.0116. The average Bonchev–Trinajstić information content (AvgIpc) is 2.65. The van der Waals surface area contributed by atoms with E-state index < -0.39 is 0 Å². The van der Waals surface area contributed by atoms with Gasteiger partial charge in [-0.25, -0.2) is 0 Å². The Kier molecular flexibility index (Phi) is 3.04. The normalized spacial score (nSPS) is 18.1. The fourth-order valence-corrected chi connectivity index (χ4v) is 2.07. The maximum atomic E-state index is 11.9. The molecule has 2 rings (SSSR count). The van der Waals surface area contributed by atoms with E-state index in [1.165, 1.54) is 11.0 Å². The van der Waals surface area contributed by atoms with Crippen LogP contribution in [0.25, 0.3) is 0 Å². The van der Waals surface area contributed by atoms with Gasteiger partial charge in [0.15, 0.2) is 5.69 Å². The van der Waals surface area contributed by atoms with Crippen LogP contribution in [0.5, 0.6) is 0 Å². The van der Waals surface area contributed by atoms with Crippen LogP contribution in [0, 0.1) is 0 Å². The van der Waals surface area contributed by atoms with Crippen LogP contribution in [0.3, 0.4) is 0 Å². The highest BCUT2D eigenvalue weighted by Gasteiger charge is 2.23. The number of nitrogens with zero attached hydrogens (tertiary/aromatic N) is 4. The summed E-state index contributed by atoms with van der Waals surface area (Å²) in [5.41, 5.74) is 0.436. The highest BCUT2D eigenvalue weighted by Crippen LogP contribution is 2.18. The van der Waals surface area contributed by atoms with Crippen molar-refractivity contribution in [1.82, 2.24) is 19.9 Å². The van der Waals surface area contributed by atoms with Crippen LogP contribution >= 0.6 is 15.9 Å². The Morgan fingerprint density at radius 2 is 2.20 bits per heavy atom. The summed E-state index contributed by atoms with van der Waals surface area (Å²) in [6.45, 7) is 1.59. The van der Waals surface area contributed by atoms with Gasteiger partial charge in [-0.05, 0) is 12.8 Å². The van der Waals surface area contributed by atoms with E-state index in [1.807, 2.05) is 4.90 Å². The van der Waals surface area contributed by atoms with E-state index in [-0.39, 0.29) is 5.91 Å². The Morgan fingerprint density at radius 3 is 2.73 bits per heavy atom. The van der Waals surface area contributed by atoms with E-state index in [0.29, 0.717) is 10.5 Å². The predicted molar refractivity (Wildman–Crippen MR) is 58.9 cm³/mol. The zero-order valence-corrected chi connectivity index (χ0v) is 10.1. The van der Waals surface area contributed by atoms with Gasteiger partial charge in [-0.2, -0.15) is 9.90 Å². The lowest BCUT2D eigenvalue weighted by molar-refractivity contribution is 0.0721. The number of rotatable bonds is 1. The van der Waals surface area contributed by atoms with Crippen LogP contribution in [0.15, 0.2) is 6.20 Å². The molecule has 0 aromatic carbocycles. The van der Waals surface area contributed by atoms with Crippen LogP contribution < -0.4 is 0 Å². The first-order valence-electron chi connectivity index (χ1n) is 4.96. The third-order valence-corrected chi connectivity index (χ3v) is 3.45. The number of aromatic nitrogens is 3. The van der Waals surface area contributed by atoms with Gasteiger partial charge in [0.05, 0.1) is 6.20 Å². The molecule has 1 aliphatic rings. The number of aryl methyl sites for hydroxylation is 1. The molecule has 82 valence electrons. The van der Waals surface area contributed by atoms with E-state index in [1.54, 1.807) is 7.05 Å². The van der Waals surface area contributed by atoms with Crippen LogP contribution in [0.4, 0.5) is 0 Å². The maximum absolute atomic E-state index is 11.9. The number of hydrogen-bond acceptors (Lipinski definition) is 3. The largest absolute Gasteiger partial charge is 0.337 e. The van der Waals surface area contributed by atoms with Gasteiger partial charge in [0, 0.05) is 25.0 Å². The maximum Gasteiger partial charge on any atom is 0.276 e. The molecule has 0 unspecified atom stereocenters. The third kappa shape index (κ3) is 2.37. The van der Waals surface area contributed by atoms with Crippen molar-refractivity contribution in [3.05, 3.63) is 11.9 Å². The number of hydrogen-bond donors (Lipinski definition) is 0. The van der Waals surface area contributed by atoms with Gasteiger partial charge in [-0.3, -0.25) is 4.79 Å². The molecule has 0 aliphatic carbocycles. The fraction of sp³-hybridized carbons (Fsp3) is 0.667. The molecule has 1 aromatic heterocycles. The van der Waals surface area contributed by atoms with Crippen LogP contribution in [0.2, 0.25) is 0 Å². The van der Waals surface area contributed by atoms with Crippen molar-refractivity contribution in [1.29, 1.82) is 0 Å². The summed E-state index contributed by atoms with van der Waals surface area (Å²) in [4.78, 5) is 15.7. The Hall–Kier alpha value is -0.910. The minimum absolute atomic E-state index is 0.0116. The zero-order valence-electron chi connectivity index (χ0n) is 8.56. The summed E-state index contributed by atoms with van der Waals surface area (Å²) < 4.78 is 0. The molecule has 0 N–H and O–H groups in total. The molecule has 1 saturated heterocycles. The van der Waals surface area contributed by atoms with E-state index >= 15 is 0 Å². The molecule has 0 atom stereocenters. The first-order chi connectivity index (χ1) is 7.16. The molecule has 0 radical (unpaired) electrons. The van der Waals surface area contributed by atoms with E-state index in [4.69, 9.17) is 0 Å². The van der Waals surface area contributed by atoms with Gasteiger partial charge in [-0.1, -0.05) is 15.9 Å². The summed E-state index contributed by atoms with van der Waals surface area (Å²) >= 11 is 3.56. The third-order valence-electron chi connectivity index (χ3n) is 2.53. The molecule has 1 amide bonds. The molecule has 1 aliphatic heterocycles. The Labute approximate surface area is 96.6 Å². The Bertz CT molecular complexity index is 357. The molecule has 6 heteroatoms. The topological polar surface area (TPSA) is 51.0 Å². The van der Waals surface area contributed by atoms with E-state index in [9.17, 15) is 4.79 Å². The lowest BCUT2D eigenvalue weighted by atomic mass is 10.1. The minimum Gasteiger partial charge on any atom is -0.337 e. The van der Waals surface area contributed by atoms with Gasteiger partial charge >= 0.3 is 0 Å². The zero-order chi connectivity index (χ0) is 10.8. The number of alkyl halides is 1. The van der Waals surface area contributed by atoms with Crippen molar-refractivity contribution in [3.63, 3.8) is 0 Å². The van der Waals surface area contributed by atoms with Crippen molar-refractivity contribution in [2.45, 2.75) is 17.7 Å². The SMILES string of the molecule is Cn1ncc(C(=O)N2CCC(Br)CC2)n1. The summed E-state index contributed by atoms with van der Waals surface area (Å²) in [7, 11) is 1.71. The number of carbonyl (C=O) groups is 1. The molecule has 1 fully saturated rings. The molecule has 15 heavy (non-hydrogen) atoms. The lowest BCUT2D eigenvalue weighted by Crippen LogP contribution is -2.38. The molecule has 1 aromatic rings. The van der Waals surface area contributed by atoms with Crippen LogP contribution in [-0.4, -0.2) is 43.7 Å². The summed E-state index contributed by atoms with van der Waals surface area (Å²) in [6.07, 6.45) is 3.53. The molecular formula is C9H13BrN4O. The van der Waals surface area contributed by atoms with Gasteiger partial charge in [0.1, 0.15) is 0 Å². The summed E-state index contributed by atoms with van der Waals surface area (Å²) in [6, 6.07) is 0. The molecule has 0 saturated carbocycles. The predicted octanol–water partition coefficient (Wildman–Crippen LogP) is 0.815. The quantitative estimate of drug-likeness (QED) is 0.712. The number of piperidine rings is 1.